The fraction of sp³-hybridized carbons (Fsp3) is 0.333. The summed E-state index contributed by atoms with van der Waals surface area (Å²) in [6.07, 6.45) is 1.05. The Kier molecular flexibility index (Phi) is 4.23. The van der Waals surface area contributed by atoms with Crippen molar-refractivity contribution >= 4 is 5.69 Å². The van der Waals surface area contributed by atoms with Gasteiger partial charge in [0.15, 0.2) is 0 Å². The average Bonchev–Trinajstić information content (AvgIpc) is 2.54. The third-order valence-corrected chi connectivity index (χ3v) is 4.29. The molecule has 0 aliphatic carbocycles. The first-order chi connectivity index (χ1) is 10.3. The Morgan fingerprint density at radius 1 is 1.14 bits per heavy atom. The number of rotatable bonds is 4. The Balaban J connectivity index is 1.87. The minimum Gasteiger partial charge on any atom is -0.398 e. The van der Waals surface area contributed by atoms with E-state index in [-0.39, 0.29) is 6.04 Å². The zero-order chi connectivity index (χ0) is 14.7. The van der Waals surface area contributed by atoms with Crippen LogP contribution in [0.1, 0.15) is 22.7 Å². The minimum absolute atomic E-state index is 0.281. The molecule has 0 amide bonds. The van der Waals surface area contributed by atoms with Crippen LogP contribution < -0.4 is 5.73 Å². The summed E-state index contributed by atoms with van der Waals surface area (Å²) in [5, 5.41) is 0. The highest BCUT2D eigenvalue weighted by Crippen LogP contribution is 2.30. The molecule has 110 valence electrons. The molecule has 3 heteroatoms. The Bertz CT molecular complexity index is 597. The van der Waals surface area contributed by atoms with Gasteiger partial charge in [-0.3, -0.25) is 4.90 Å². The summed E-state index contributed by atoms with van der Waals surface area (Å²) in [6.45, 7) is 2.64. The van der Waals surface area contributed by atoms with Crippen LogP contribution in [0.3, 0.4) is 0 Å². The molecule has 1 aliphatic rings. The zero-order valence-corrected chi connectivity index (χ0v) is 12.5. The quantitative estimate of drug-likeness (QED) is 0.876. The van der Waals surface area contributed by atoms with E-state index in [1.54, 1.807) is 7.11 Å². The van der Waals surface area contributed by atoms with Gasteiger partial charge in [-0.05, 0) is 29.2 Å². The molecule has 21 heavy (non-hydrogen) atoms. The van der Waals surface area contributed by atoms with E-state index in [4.69, 9.17) is 10.5 Å². The molecule has 0 fully saturated rings. The van der Waals surface area contributed by atoms with Crippen LogP contribution in [0.25, 0.3) is 0 Å². The summed E-state index contributed by atoms with van der Waals surface area (Å²) in [7, 11) is 1.77. The fourth-order valence-corrected chi connectivity index (χ4v) is 3.14. The normalized spacial score (nSPS) is 16.4. The van der Waals surface area contributed by atoms with Crippen molar-refractivity contribution in [3.63, 3.8) is 0 Å². The van der Waals surface area contributed by atoms with Gasteiger partial charge >= 0.3 is 0 Å². The van der Waals surface area contributed by atoms with E-state index in [1.807, 2.05) is 12.1 Å². The van der Waals surface area contributed by atoms with Crippen molar-refractivity contribution in [2.45, 2.75) is 19.0 Å². The zero-order valence-electron chi connectivity index (χ0n) is 12.5. The van der Waals surface area contributed by atoms with Crippen molar-refractivity contribution in [3.05, 3.63) is 65.2 Å². The van der Waals surface area contributed by atoms with Crippen molar-refractivity contribution in [1.82, 2.24) is 4.90 Å². The Morgan fingerprint density at radius 2 is 1.95 bits per heavy atom. The number of benzene rings is 2. The molecule has 1 aliphatic heterocycles. The summed E-state index contributed by atoms with van der Waals surface area (Å²) in [5.74, 6) is 0. The lowest BCUT2D eigenvalue weighted by atomic mass is 9.95. The molecule has 0 saturated carbocycles. The second kappa shape index (κ2) is 6.29. The molecule has 0 radical (unpaired) electrons. The maximum absolute atomic E-state index is 6.16. The van der Waals surface area contributed by atoms with E-state index in [2.05, 4.69) is 41.3 Å². The molecule has 1 unspecified atom stereocenters. The monoisotopic (exact) mass is 282 g/mol. The maximum Gasteiger partial charge on any atom is 0.0659 e. The van der Waals surface area contributed by atoms with Gasteiger partial charge in [0.25, 0.3) is 0 Å². The third kappa shape index (κ3) is 2.94. The van der Waals surface area contributed by atoms with Crippen molar-refractivity contribution in [3.8, 4) is 0 Å². The van der Waals surface area contributed by atoms with E-state index in [0.717, 1.165) is 25.2 Å². The standard InChI is InChI=1S/C18H22N2O/c1-21-13-18(15-6-3-2-4-7-15)20-11-10-14-8-5-9-17(19)16(14)12-20/h2-9,18H,10-13,19H2,1H3. The van der Waals surface area contributed by atoms with Crippen LogP contribution in [-0.4, -0.2) is 25.2 Å². The molecular formula is C18H22N2O. The number of hydrogen-bond acceptors (Lipinski definition) is 3. The summed E-state index contributed by atoms with van der Waals surface area (Å²) < 4.78 is 5.46. The molecular weight excluding hydrogens is 260 g/mol. The van der Waals surface area contributed by atoms with Crippen LogP contribution in [-0.2, 0) is 17.7 Å². The summed E-state index contributed by atoms with van der Waals surface area (Å²) in [6, 6.07) is 17.1. The lowest BCUT2D eigenvalue weighted by Crippen LogP contribution is -2.36. The van der Waals surface area contributed by atoms with Crippen LogP contribution >= 0.6 is 0 Å². The highest BCUT2D eigenvalue weighted by atomic mass is 16.5. The Morgan fingerprint density at radius 3 is 2.71 bits per heavy atom. The van der Waals surface area contributed by atoms with Gasteiger partial charge in [-0.2, -0.15) is 0 Å². The SMILES string of the molecule is COCC(c1ccccc1)N1CCc2cccc(N)c2C1. The molecule has 0 spiro atoms. The summed E-state index contributed by atoms with van der Waals surface area (Å²) >= 11 is 0. The number of methoxy groups -OCH3 is 1. The third-order valence-electron chi connectivity index (χ3n) is 4.29. The lowest BCUT2D eigenvalue weighted by Gasteiger charge is -2.36. The first kappa shape index (κ1) is 14.1. The molecule has 1 atom stereocenters. The first-order valence-electron chi connectivity index (χ1n) is 7.43. The second-order valence-electron chi connectivity index (χ2n) is 5.59. The van der Waals surface area contributed by atoms with E-state index in [1.165, 1.54) is 16.7 Å². The molecule has 0 bridgehead atoms. The van der Waals surface area contributed by atoms with Gasteiger partial charge in [0.05, 0.1) is 12.6 Å². The molecule has 0 aromatic heterocycles. The average molecular weight is 282 g/mol. The van der Waals surface area contributed by atoms with Crippen molar-refractivity contribution in [1.29, 1.82) is 0 Å². The number of anilines is 1. The molecule has 2 N–H and O–H groups in total. The number of ether oxygens (including phenoxy) is 1. The van der Waals surface area contributed by atoms with Crippen molar-refractivity contribution in [2.24, 2.45) is 0 Å². The van der Waals surface area contributed by atoms with Gasteiger partial charge in [-0.1, -0.05) is 42.5 Å². The number of nitrogen functional groups attached to an aromatic ring is 1. The summed E-state index contributed by atoms with van der Waals surface area (Å²) in [4.78, 5) is 2.47. The van der Waals surface area contributed by atoms with E-state index < -0.39 is 0 Å². The number of fused-ring (bicyclic) bond motifs is 1. The van der Waals surface area contributed by atoms with Crippen LogP contribution in [0.15, 0.2) is 48.5 Å². The van der Waals surface area contributed by atoms with E-state index in [0.29, 0.717) is 6.61 Å². The number of nitrogens with zero attached hydrogens (tertiary/aromatic N) is 1. The number of nitrogens with two attached hydrogens (primary N) is 1. The van der Waals surface area contributed by atoms with Crippen LogP contribution in [0.5, 0.6) is 0 Å². The molecule has 0 saturated heterocycles. The van der Waals surface area contributed by atoms with Gasteiger partial charge in [-0.15, -0.1) is 0 Å². The highest BCUT2D eigenvalue weighted by Gasteiger charge is 2.25. The molecule has 3 nitrogen and oxygen atoms in total. The lowest BCUT2D eigenvalue weighted by molar-refractivity contribution is 0.0812. The fourth-order valence-electron chi connectivity index (χ4n) is 3.14. The van der Waals surface area contributed by atoms with Gasteiger partial charge in [-0.25, -0.2) is 0 Å². The first-order valence-corrected chi connectivity index (χ1v) is 7.43. The van der Waals surface area contributed by atoms with E-state index >= 15 is 0 Å². The van der Waals surface area contributed by atoms with Crippen LogP contribution in [0.2, 0.25) is 0 Å². The summed E-state index contributed by atoms with van der Waals surface area (Å²) in [5.41, 5.74) is 11.0. The van der Waals surface area contributed by atoms with Crippen molar-refractivity contribution in [2.75, 3.05) is 26.0 Å². The topological polar surface area (TPSA) is 38.5 Å². The minimum atomic E-state index is 0.281. The van der Waals surface area contributed by atoms with Gasteiger partial charge in [0, 0.05) is 25.9 Å². The largest absolute Gasteiger partial charge is 0.398 e. The smallest absolute Gasteiger partial charge is 0.0659 e. The maximum atomic E-state index is 6.16. The Labute approximate surface area is 126 Å². The van der Waals surface area contributed by atoms with Gasteiger partial charge < -0.3 is 10.5 Å². The van der Waals surface area contributed by atoms with Gasteiger partial charge in [0.2, 0.25) is 0 Å². The van der Waals surface area contributed by atoms with Gasteiger partial charge in [0.1, 0.15) is 0 Å². The molecule has 2 aromatic rings. The van der Waals surface area contributed by atoms with Crippen molar-refractivity contribution < 1.29 is 4.74 Å². The molecule has 2 aromatic carbocycles. The van der Waals surface area contributed by atoms with Crippen LogP contribution in [0, 0.1) is 0 Å². The Hall–Kier alpha value is -1.84. The predicted octanol–water partition coefficient (Wildman–Crippen LogP) is 3.01. The molecule has 3 rings (SSSR count). The van der Waals surface area contributed by atoms with Crippen LogP contribution in [0.4, 0.5) is 5.69 Å². The van der Waals surface area contributed by atoms with E-state index in [9.17, 15) is 0 Å². The predicted molar refractivity (Wildman–Crippen MR) is 86.0 cm³/mol. The second-order valence-corrected chi connectivity index (χ2v) is 5.59. The number of hydrogen-bond donors (Lipinski definition) is 1. The highest BCUT2D eigenvalue weighted by molar-refractivity contribution is 5.51. The molecule has 1 heterocycles.